The highest BCUT2D eigenvalue weighted by molar-refractivity contribution is 5.79. The fourth-order valence-corrected chi connectivity index (χ4v) is 3.10. The maximum absolute atomic E-state index is 12.9. The van der Waals surface area contributed by atoms with Gasteiger partial charge >= 0.3 is 5.97 Å². The molecule has 1 aromatic heterocycles. The lowest BCUT2D eigenvalue weighted by atomic mass is 9.87. The third-order valence-corrected chi connectivity index (χ3v) is 4.98. The third kappa shape index (κ3) is 6.35. The summed E-state index contributed by atoms with van der Waals surface area (Å²) in [5.41, 5.74) is 1.22. The Morgan fingerprint density at radius 1 is 1.03 bits per heavy atom. The molecular weight excluding hydrogens is 424 g/mol. The van der Waals surface area contributed by atoms with E-state index in [4.69, 9.17) is 23.4 Å². The number of hydrogen-bond donors (Lipinski definition) is 0. The largest absolute Gasteiger partial charge is 0.479 e. The van der Waals surface area contributed by atoms with E-state index >= 15 is 0 Å². The molecule has 0 radical (unpaired) electrons. The van der Waals surface area contributed by atoms with Crippen LogP contribution in [0.5, 0.6) is 17.2 Å². The van der Waals surface area contributed by atoms with Crippen LogP contribution in [0, 0.1) is 0 Å². The van der Waals surface area contributed by atoms with E-state index in [9.17, 15) is 9.59 Å². The fraction of sp³-hybridized carbons (Fsp3) is 0.385. The molecule has 1 heterocycles. The molecule has 2 aromatic carbocycles. The lowest BCUT2D eigenvalue weighted by Gasteiger charge is -2.19. The summed E-state index contributed by atoms with van der Waals surface area (Å²) in [4.78, 5) is 24.9. The first-order valence-corrected chi connectivity index (χ1v) is 10.9. The Morgan fingerprint density at radius 3 is 2.39 bits per heavy atom. The van der Waals surface area contributed by atoms with Gasteiger partial charge in [0.2, 0.25) is 11.2 Å². The van der Waals surface area contributed by atoms with Crippen LogP contribution in [-0.4, -0.2) is 31.9 Å². The second kappa shape index (κ2) is 10.5. The fourth-order valence-electron chi connectivity index (χ4n) is 3.10. The molecule has 7 heteroatoms. The molecular formula is C26H30O7. The van der Waals surface area contributed by atoms with Crippen LogP contribution in [0.2, 0.25) is 0 Å². The van der Waals surface area contributed by atoms with Crippen molar-refractivity contribution >= 4 is 16.9 Å². The van der Waals surface area contributed by atoms with Crippen molar-refractivity contribution in [2.75, 3.05) is 19.8 Å². The van der Waals surface area contributed by atoms with Crippen molar-refractivity contribution < 1.29 is 28.2 Å². The highest BCUT2D eigenvalue weighted by atomic mass is 16.6. The molecule has 3 rings (SSSR count). The van der Waals surface area contributed by atoms with Gasteiger partial charge in [-0.25, -0.2) is 4.79 Å². The predicted octanol–water partition coefficient (Wildman–Crippen LogP) is 5.23. The second-order valence-electron chi connectivity index (χ2n) is 8.59. The monoisotopic (exact) mass is 454 g/mol. The Hall–Kier alpha value is -3.32. The molecule has 0 saturated carbocycles. The van der Waals surface area contributed by atoms with E-state index in [1.165, 1.54) is 11.8 Å². The van der Waals surface area contributed by atoms with E-state index in [1.807, 2.05) is 31.2 Å². The summed E-state index contributed by atoms with van der Waals surface area (Å²) in [6, 6.07) is 12.4. The average Bonchev–Trinajstić information content (AvgIpc) is 2.78. The third-order valence-electron chi connectivity index (χ3n) is 4.98. The molecule has 0 fully saturated rings. The average molecular weight is 455 g/mol. The molecule has 0 spiro atoms. The Balaban J connectivity index is 1.70. The van der Waals surface area contributed by atoms with E-state index in [0.29, 0.717) is 35.7 Å². The second-order valence-corrected chi connectivity index (χ2v) is 8.59. The maximum atomic E-state index is 12.9. The van der Waals surface area contributed by atoms with Gasteiger partial charge < -0.3 is 23.4 Å². The SMILES string of the molecule is CCOCCOC(=O)C(C)Oc1ccc2c(=O)c(Oc3ccc(C(C)(C)C)cc3)coc2c1. The van der Waals surface area contributed by atoms with Crippen molar-refractivity contribution in [3.8, 4) is 17.2 Å². The molecule has 7 nitrogen and oxygen atoms in total. The number of fused-ring (bicyclic) bond motifs is 1. The van der Waals surface area contributed by atoms with Crippen LogP contribution in [0.15, 0.2) is 57.9 Å². The molecule has 0 N–H and O–H groups in total. The van der Waals surface area contributed by atoms with E-state index < -0.39 is 12.1 Å². The number of benzene rings is 2. The first-order valence-electron chi connectivity index (χ1n) is 10.9. The summed E-state index contributed by atoms with van der Waals surface area (Å²) in [6.45, 7) is 10.9. The zero-order chi connectivity index (χ0) is 24.0. The number of esters is 1. The predicted molar refractivity (Wildman–Crippen MR) is 125 cm³/mol. The van der Waals surface area contributed by atoms with Gasteiger partial charge in [-0.15, -0.1) is 0 Å². The maximum Gasteiger partial charge on any atom is 0.347 e. The van der Waals surface area contributed by atoms with Crippen molar-refractivity contribution in [3.63, 3.8) is 0 Å². The summed E-state index contributed by atoms with van der Waals surface area (Å²) in [6.07, 6.45) is 0.451. The molecule has 0 saturated heterocycles. The minimum absolute atomic E-state index is 0.0258. The lowest BCUT2D eigenvalue weighted by Crippen LogP contribution is -2.27. The van der Waals surface area contributed by atoms with Crippen LogP contribution in [0.3, 0.4) is 0 Å². The normalized spacial score (nSPS) is 12.4. The number of ether oxygens (including phenoxy) is 4. The molecule has 1 unspecified atom stereocenters. The van der Waals surface area contributed by atoms with Gasteiger partial charge in [-0.1, -0.05) is 32.9 Å². The van der Waals surface area contributed by atoms with Gasteiger partial charge in [0.25, 0.3) is 0 Å². The van der Waals surface area contributed by atoms with E-state index in [0.717, 1.165) is 0 Å². The molecule has 3 aromatic rings. The minimum atomic E-state index is -0.825. The molecule has 0 aliphatic heterocycles. The van der Waals surface area contributed by atoms with Gasteiger partial charge in [-0.05, 0) is 49.1 Å². The Morgan fingerprint density at radius 2 is 1.73 bits per heavy atom. The van der Waals surface area contributed by atoms with Crippen LogP contribution >= 0.6 is 0 Å². The van der Waals surface area contributed by atoms with Gasteiger partial charge in [0.05, 0.1) is 12.0 Å². The first-order chi connectivity index (χ1) is 15.7. The molecule has 176 valence electrons. The van der Waals surface area contributed by atoms with Crippen LogP contribution in [-0.2, 0) is 19.7 Å². The summed E-state index contributed by atoms with van der Waals surface area (Å²) >= 11 is 0. The van der Waals surface area contributed by atoms with Gasteiger partial charge in [0.1, 0.15) is 30.0 Å². The summed E-state index contributed by atoms with van der Waals surface area (Å²) in [5.74, 6) is 0.515. The standard InChI is InChI=1S/C26H30O7/c1-6-29-13-14-30-25(28)17(2)32-20-11-12-21-22(15-20)31-16-23(24(21)27)33-19-9-7-18(8-10-19)26(3,4)5/h7-12,15-17H,6,13-14H2,1-5H3. The summed E-state index contributed by atoms with van der Waals surface area (Å²) < 4.78 is 27.2. The molecule has 1 atom stereocenters. The van der Waals surface area contributed by atoms with Gasteiger partial charge in [0, 0.05) is 12.7 Å². The quantitative estimate of drug-likeness (QED) is 0.323. The number of carbonyl (C=O) groups excluding carboxylic acids is 1. The molecule has 0 bridgehead atoms. The number of rotatable bonds is 9. The van der Waals surface area contributed by atoms with Crippen LogP contribution in [0.1, 0.15) is 40.2 Å². The van der Waals surface area contributed by atoms with Crippen LogP contribution in [0.4, 0.5) is 0 Å². The van der Waals surface area contributed by atoms with Crippen molar-refractivity contribution in [1.29, 1.82) is 0 Å². The Bertz CT molecular complexity index is 1140. The van der Waals surface area contributed by atoms with Gasteiger partial charge in [-0.3, -0.25) is 4.79 Å². The van der Waals surface area contributed by atoms with E-state index in [1.54, 1.807) is 25.1 Å². The molecule has 0 aliphatic carbocycles. The summed E-state index contributed by atoms with van der Waals surface area (Å²) in [7, 11) is 0. The smallest absolute Gasteiger partial charge is 0.347 e. The van der Waals surface area contributed by atoms with Crippen molar-refractivity contribution in [2.45, 2.75) is 46.1 Å². The molecule has 33 heavy (non-hydrogen) atoms. The molecule has 0 amide bonds. The van der Waals surface area contributed by atoms with Crippen molar-refractivity contribution in [2.24, 2.45) is 0 Å². The highest BCUT2D eigenvalue weighted by Crippen LogP contribution is 2.27. The number of hydrogen-bond acceptors (Lipinski definition) is 7. The lowest BCUT2D eigenvalue weighted by molar-refractivity contribution is -0.152. The summed E-state index contributed by atoms with van der Waals surface area (Å²) in [5, 5.41) is 0.345. The first kappa shape index (κ1) is 24.3. The van der Waals surface area contributed by atoms with Crippen molar-refractivity contribution in [3.05, 3.63) is 64.5 Å². The highest BCUT2D eigenvalue weighted by Gasteiger charge is 2.18. The van der Waals surface area contributed by atoms with Gasteiger partial charge in [0.15, 0.2) is 6.10 Å². The van der Waals surface area contributed by atoms with Gasteiger partial charge in [-0.2, -0.15) is 0 Å². The minimum Gasteiger partial charge on any atom is -0.479 e. The van der Waals surface area contributed by atoms with E-state index in [2.05, 4.69) is 20.8 Å². The zero-order valence-corrected chi connectivity index (χ0v) is 19.7. The topological polar surface area (TPSA) is 84.2 Å². The van der Waals surface area contributed by atoms with Crippen LogP contribution < -0.4 is 14.9 Å². The Kier molecular flexibility index (Phi) is 7.76. The number of carbonyl (C=O) groups is 1. The molecule has 0 aliphatic rings. The van der Waals surface area contributed by atoms with Crippen molar-refractivity contribution in [1.82, 2.24) is 0 Å². The van der Waals surface area contributed by atoms with E-state index in [-0.39, 0.29) is 23.2 Å². The zero-order valence-electron chi connectivity index (χ0n) is 19.7. The van der Waals surface area contributed by atoms with Crippen LogP contribution in [0.25, 0.3) is 11.0 Å². The Labute approximate surface area is 193 Å².